The normalized spacial score (nSPS) is 16.9. The fraction of sp³-hybridized carbons (Fsp3) is 0.381. The zero-order chi connectivity index (χ0) is 20.1. The number of amides is 3. The Kier molecular flexibility index (Phi) is 5.90. The van der Waals surface area contributed by atoms with Crippen LogP contribution in [0.4, 0.5) is 10.5 Å². The number of nitrogens with zero attached hydrogens (tertiary/aromatic N) is 2. The molecule has 0 radical (unpaired) electrons. The Bertz CT molecular complexity index is 865. The van der Waals surface area contributed by atoms with E-state index in [1.165, 1.54) is 17.7 Å². The fourth-order valence-electron chi connectivity index (χ4n) is 3.55. The molecule has 152 valence electrons. The number of nitrogens with one attached hydrogen (secondary N) is 3. The van der Waals surface area contributed by atoms with Crippen molar-refractivity contribution in [1.82, 2.24) is 20.6 Å². The Morgan fingerprint density at radius 2 is 2.03 bits per heavy atom. The molecule has 1 saturated heterocycles. The summed E-state index contributed by atoms with van der Waals surface area (Å²) in [6.45, 7) is 0.984. The summed E-state index contributed by atoms with van der Waals surface area (Å²) in [7, 11) is 0. The number of benzene rings is 1. The zero-order valence-electron chi connectivity index (χ0n) is 16.2. The standard InChI is InChI=1S/C21H25N5O3/c27-20-14-26(21(28)24-20)13-17-9-8-15(11-22-17)12-23-25-16-4-3-7-19(10-16)29-18-5-1-2-6-18/h3-4,7-11,18,23,25H,1-2,5-6,12-14H2,(H,24,27,28). The Hall–Kier alpha value is -3.13. The molecule has 2 aliphatic rings. The fourth-order valence-corrected chi connectivity index (χ4v) is 3.55. The van der Waals surface area contributed by atoms with Gasteiger partial charge >= 0.3 is 6.03 Å². The molecule has 3 amide bonds. The maximum atomic E-state index is 11.6. The van der Waals surface area contributed by atoms with Gasteiger partial charge < -0.3 is 15.1 Å². The number of hydrazine groups is 1. The highest BCUT2D eigenvalue weighted by Crippen LogP contribution is 2.25. The van der Waals surface area contributed by atoms with E-state index in [1.807, 2.05) is 36.4 Å². The number of ether oxygens (including phenoxy) is 1. The molecular weight excluding hydrogens is 370 g/mol. The lowest BCUT2D eigenvalue weighted by atomic mass is 10.2. The van der Waals surface area contributed by atoms with Crippen LogP contribution in [0.1, 0.15) is 36.9 Å². The van der Waals surface area contributed by atoms with E-state index in [4.69, 9.17) is 4.74 Å². The van der Waals surface area contributed by atoms with Crippen molar-refractivity contribution in [3.63, 3.8) is 0 Å². The third kappa shape index (κ3) is 5.23. The summed E-state index contributed by atoms with van der Waals surface area (Å²) in [6.07, 6.45) is 6.88. The van der Waals surface area contributed by atoms with Crippen LogP contribution in [-0.2, 0) is 17.9 Å². The first-order valence-corrected chi connectivity index (χ1v) is 9.94. The minimum Gasteiger partial charge on any atom is -0.490 e. The van der Waals surface area contributed by atoms with Gasteiger partial charge in [0.05, 0.1) is 24.0 Å². The molecule has 1 aromatic heterocycles. The van der Waals surface area contributed by atoms with Crippen molar-refractivity contribution in [2.24, 2.45) is 0 Å². The highest BCUT2D eigenvalue weighted by Gasteiger charge is 2.26. The molecule has 1 saturated carbocycles. The molecule has 2 aromatic rings. The molecule has 1 aromatic carbocycles. The molecule has 8 nitrogen and oxygen atoms in total. The number of aromatic nitrogens is 1. The first kappa shape index (κ1) is 19.2. The van der Waals surface area contributed by atoms with E-state index < -0.39 is 0 Å². The summed E-state index contributed by atoms with van der Waals surface area (Å²) in [4.78, 5) is 28.6. The SMILES string of the molecule is O=C1CN(Cc2ccc(CNNc3cccc(OC4CCCC4)c3)cn2)C(=O)N1. The number of carbonyl (C=O) groups excluding carboxylic acids is 2. The molecular formula is C21H25N5O3. The maximum Gasteiger partial charge on any atom is 0.324 e. The van der Waals surface area contributed by atoms with Gasteiger partial charge in [0.1, 0.15) is 12.3 Å². The van der Waals surface area contributed by atoms with Crippen LogP contribution in [0.3, 0.4) is 0 Å². The Morgan fingerprint density at radius 1 is 1.17 bits per heavy atom. The van der Waals surface area contributed by atoms with E-state index in [1.54, 1.807) is 6.20 Å². The number of hydrogen-bond acceptors (Lipinski definition) is 6. The quantitative estimate of drug-likeness (QED) is 0.470. The van der Waals surface area contributed by atoms with Crippen LogP contribution in [0.15, 0.2) is 42.6 Å². The molecule has 0 unspecified atom stereocenters. The van der Waals surface area contributed by atoms with E-state index in [2.05, 4.69) is 21.2 Å². The van der Waals surface area contributed by atoms with Crippen molar-refractivity contribution < 1.29 is 14.3 Å². The molecule has 0 atom stereocenters. The van der Waals surface area contributed by atoms with Gasteiger partial charge in [0.2, 0.25) is 5.91 Å². The Balaban J connectivity index is 1.24. The van der Waals surface area contributed by atoms with Gasteiger partial charge in [0.25, 0.3) is 0 Å². The number of imide groups is 1. The van der Waals surface area contributed by atoms with Crippen LogP contribution >= 0.6 is 0 Å². The maximum absolute atomic E-state index is 11.6. The average molecular weight is 395 g/mol. The van der Waals surface area contributed by atoms with Crippen molar-refractivity contribution >= 4 is 17.6 Å². The summed E-state index contributed by atoms with van der Waals surface area (Å²) >= 11 is 0. The lowest BCUT2D eigenvalue weighted by Crippen LogP contribution is -2.28. The van der Waals surface area contributed by atoms with E-state index in [-0.39, 0.29) is 18.5 Å². The first-order valence-electron chi connectivity index (χ1n) is 9.94. The minimum atomic E-state index is -0.370. The van der Waals surface area contributed by atoms with Crippen molar-refractivity contribution in [2.75, 3.05) is 12.0 Å². The van der Waals surface area contributed by atoms with Crippen molar-refractivity contribution in [2.45, 2.75) is 44.9 Å². The van der Waals surface area contributed by atoms with Gasteiger partial charge in [0.15, 0.2) is 0 Å². The summed E-state index contributed by atoms with van der Waals surface area (Å²) in [6, 6.07) is 11.4. The number of rotatable bonds is 8. The number of anilines is 1. The van der Waals surface area contributed by atoms with Crippen molar-refractivity contribution in [3.8, 4) is 5.75 Å². The van der Waals surface area contributed by atoms with E-state index in [0.717, 1.165) is 35.5 Å². The lowest BCUT2D eigenvalue weighted by molar-refractivity contribution is -0.118. The summed E-state index contributed by atoms with van der Waals surface area (Å²) in [5.74, 6) is 0.610. The second-order valence-corrected chi connectivity index (χ2v) is 7.40. The lowest BCUT2D eigenvalue weighted by Gasteiger charge is -2.15. The van der Waals surface area contributed by atoms with Crippen molar-refractivity contribution in [1.29, 1.82) is 0 Å². The molecule has 1 aliphatic carbocycles. The second-order valence-electron chi connectivity index (χ2n) is 7.40. The molecule has 4 rings (SSSR count). The molecule has 2 heterocycles. The predicted octanol–water partition coefficient (Wildman–Crippen LogP) is 2.57. The number of pyridine rings is 1. The third-order valence-electron chi connectivity index (χ3n) is 5.07. The molecule has 0 bridgehead atoms. The van der Waals surface area contributed by atoms with Gasteiger partial charge in [0, 0.05) is 18.8 Å². The van der Waals surface area contributed by atoms with E-state index in [9.17, 15) is 9.59 Å². The molecule has 2 fully saturated rings. The molecule has 8 heteroatoms. The smallest absolute Gasteiger partial charge is 0.324 e. The number of urea groups is 1. The van der Waals surface area contributed by atoms with Crippen LogP contribution in [0, 0.1) is 0 Å². The third-order valence-corrected chi connectivity index (χ3v) is 5.07. The molecule has 3 N–H and O–H groups in total. The second kappa shape index (κ2) is 8.91. The van der Waals surface area contributed by atoms with Crippen molar-refractivity contribution in [3.05, 3.63) is 53.9 Å². The summed E-state index contributed by atoms with van der Waals surface area (Å²) in [5, 5.41) is 2.26. The van der Waals surface area contributed by atoms with Crippen LogP contribution < -0.4 is 20.9 Å². The minimum absolute atomic E-state index is 0.0806. The van der Waals surface area contributed by atoms with Gasteiger partial charge in [-0.05, 0) is 49.4 Å². The summed E-state index contributed by atoms with van der Waals surface area (Å²) < 4.78 is 6.03. The van der Waals surface area contributed by atoms with E-state index >= 15 is 0 Å². The highest BCUT2D eigenvalue weighted by molar-refractivity contribution is 6.01. The van der Waals surface area contributed by atoms with E-state index in [0.29, 0.717) is 19.2 Å². The van der Waals surface area contributed by atoms with Gasteiger partial charge in [-0.25, -0.2) is 10.2 Å². The average Bonchev–Trinajstić information content (AvgIpc) is 3.33. The van der Waals surface area contributed by atoms with Crippen LogP contribution in [0.2, 0.25) is 0 Å². The monoisotopic (exact) mass is 395 g/mol. The highest BCUT2D eigenvalue weighted by atomic mass is 16.5. The van der Waals surface area contributed by atoms with Gasteiger partial charge in [-0.15, -0.1) is 0 Å². The molecule has 0 spiro atoms. The Labute approximate surface area is 169 Å². The van der Waals surface area contributed by atoms with Gasteiger partial charge in [-0.3, -0.25) is 15.1 Å². The Morgan fingerprint density at radius 3 is 2.76 bits per heavy atom. The van der Waals surface area contributed by atoms with Gasteiger partial charge in [-0.1, -0.05) is 12.1 Å². The number of hydrogen-bond donors (Lipinski definition) is 3. The largest absolute Gasteiger partial charge is 0.490 e. The van der Waals surface area contributed by atoms with Crippen LogP contribution in [0.5, 0.6) is 5.75 Å². The zero-order valence-corrected chi connectivity index (χ0v) is 16.2. The van der Waals surface area contributed by atoms with Crippen LogP contribution in [-0.4, -0.2) is 34.5 Å². The first-order chi connectivity index (χ1) is 14.2. The number of carbonyl (C=O) groups is 2. The van der Waals surface area contributed by atoms with Crippen LogP contribution in [0.25, 0.3) is 0 Å². The predicted molar refractivity (Wildman–Crippen MR) is 108 cm³/mol. The summed E-state index contributed by atoms with van der Waals surface area (Å²) in [5.41, 5.74) is 9.05. The van der Waals surface area contributed by atoms with Gasteiger partial charge in [-0.2, -0.15) is 0 Å². The molecule has 29 heavy (non-hydrogen) atoms. The molecule has 1 aliphatic heterocycles. The topological polar surface area (TPSA) is 95.6 Å².